The second kappa shape index (κ2) is 25.1. The Morgan fingerprint density at radius 3 is 1.97 bits per heavy atom. The van der Waals surface area contributed by atoms with E-state index >= 15 is 0 Å². The molecule has 2 aliphatic heterocycles. The van der Waals surface area contributed by atoms with Crippen LogP contribution >= 0.6 is 0 Å². The summed E-state index contributed by atoms with van der Waals surface area (Å²) >= 11 is 0. The van der Waals surface area contributed by atoms with Crippen LogP contribution in [0.5, 0.6) is 5.75 Å². The van der Waals surface area contributed by atoms with Crippen LogP contribution in [0.15, 0.2) is 128 Å². The number of hydrogen-bond acceptors (Lipinski definition) is 13. The zero-order chi connectivity index (χ0) is 42.9. The molecule has 2 saturated heterocycles. The Morgan fingerprint density at radius 1 is 0.823 bits per heavy atom. The monoisotopic (exact) mass is 883 g/mol. The molecule has 0 aromatic heterocycles. The van der Waals surface area contributed by atoms with Gasteiger partial charge in [-0.2, -0.15) is 0 Å². The van der Waals surface area contributed by atoms with Crippen LogP contribution < -0.4 is 39.6 Å². The first-order valence-electron chi connectivity index (χ1n) is 20.2. The van der Waals surface area contributed by atoms with E-state index in [2.05, 4.69) is 11.9 Å². The smallest absolute Gasteiger partial charge is 0.726 e. The molecular formula is C46H54NNaO13S. The van der Waals surface area contributed by atoms with Gasteiger partial charge in [0.25, 0.3) is 0 Å². The normalized spacial score (nSPS) is 23.8. The average Bonchev–Trinajstić information content (AvgIpc) is 3.28. The number of allylic oxidation sites excluding steroid dienone is 1. The number of nitrogens with one attached hydrogen (secondary N) is 1. The van der Waals surface area contributed by atoms with Crippen molar-refractivity contribution in [2.24, 2.45) is 5.41 Å². The molecule has 4 aromatic rings. The van der Waals surface area contributed by atoms with Gasteiger partial charge in [0, 0.05) is 12.0 Å². The van der Waals surface area contributed by atoms with Crippen molar-refractivity contribution in [3.63, 3.8) is 0 Å². The van der Waals surface area contributed by atoms with Crippen LogP contribution in [0.2, 0.25) is 0 Å². The van der Waals surface area contributed by atoms with Gasteiger partial charge in [0.15, 0.2) is 12.6 Å². The number of carbonyl (C=O) groups is 1. The molecule has 2 fully saturated rings. The third-order valence-electron chi connectivity index (χ3n) is 10.3. The van der Waals surface area contributed by atoms with E-state index in [-0.39, 0.29) is 88.1 Å². The molecule has 6 rings (SSSR count). The Kier molecular flexibility index (Phi) is 20.0. The standard InChI is InChI=1S/C46H55NO13S.Na/c1-3-4-20-40(48)47-41-43(56-28-36-18-12-7-13-19-36)42(55-27-35-16-10-6-11-17-35)39(60-45(41)54-26-25-34-14-8-5-9-15-34)29-53-30-46(33-59-61(49,50)51)31-57-44(58-32-46)37-21-23-38(52-2)24-22-37;/h3,5-19,21-24,39,41-45H,1,4,20,25-33H2,2H3,(H,47,48)(H,49,50,51);/q;+1/p-1/t39-,41-,42-,43-,44?,45+,46?;/m1./s1. The number of hydrogen-bond donors (Lipinski definition) is 1. The topological polar surface area (TPSA) is 169 Å². The second-order valence-corrected chi connectivity index (χ2v) is 16.1. The number of methoxy groups -OCH3 is 1. The van der Waals surface area contributed by atoms with Gasteiger partial charge >= 0.3 is 29.6 Å². The molecule has 2 heterocycles. The minimum Gasteiger partial charge on any atom is -0.726 e. The fourth-order valence-electron chi connectivity index (χ4n) is 7.04. The third-order valence-corrected chi connectivity index (χ3v) is 10.7. The molecule has 0 aliphatic carbocycles. The van der Waals surface area contributed by atoms with Crippen LogP contribution in [0.1, 0.15) is 41.4 Å². The summed E-state index contributed by atoms with van der Waals surface area (Å²) in [7, 11) is -3.50. The fraction of sp³-hybridized carbons (Fsp3) is 0.413. The van der Waals surface area contributed by atoms with Crippen molar-refractivity contribution in [2.75, 3.05) is 46.8 Å². The van der Waals surface area contributed by atoms with Gasteiger partial charge < -0.3 is 47.8 Å². The van der Waals surface area contributed by atoms with Gasteiger partial charge in [-0.15, -0.1) is 6.58 Å². The van der Waals surface area contributed by atoms with Crippen LogP contribution in [0.25, 0.3) is 0 Å². The maximum Gasteiger partial charge on any atom is 1.00 e. The molecule has 14 nitrogen and oxygen atoms in total. The zero-order valence-corrected chi connectivity index (χ0v) is 38.0. The molecule has 16 heteroatoms. The van der Waals surface area contributed by atoms with Gasteiger partial charge in [0.05, 0.1) is 65.4 Å². The van der Waals surface area contributed by atoms with E-state index in [0.29, 0.717) is 24.2 Å². The van der Waals surface area contributed by atoms with E-state index in [4.69, 9.17) is 42.1 Å². The minimum absolute atomic E-state index is 0. The molecule has 1 N–H and O–H groups in total. The number of carbonyl (C=O) groups excluding carboxylic acids is 1. The molecule has 1 amide bonds. The van der Waals surface area contributed by atoms with Gasteiger partial charge in [-0.05, 0) is 41.7 Å². The number of benzene rings is 4. The summed E-state index contributed by atoms with van der Waals surface area (Å²) < 4.78 is 90.2. The quantitative estimate of drug-likeness (QED) is 0.0500. The van der Waals surface area contributed by atoms with E-state index in [1.807, 2.05) is 91.0 Å². The first-order chi connectivity index (χ1) is 29.6. The van der Waals surface area contributed by atoms with E-state index < -0.39 is 59.4 Å². The van der Waals surface area contributed by atoms with Crippen LogP contribution in [0.3, 0.4) is 0 Å². The molecule has 0 bridgehead atoms. The van der Waals surface area contributed by atoms with Crippen molar-refractivity contribution in [1.29, 1.82) is 0 Å². The average molecular weight is 884 g/mol. The molecule has 62 heavy (non-hydrogen) atoms. The Balaban J connectivity index is 0.00000726. The minimum atomic E-state index is -5.07. The Hall–Kier alpha value is -3.52. The molecule has 0 unspecified atom stereocenters. The molecule has 0 saturated carbocycles. The third kappa shape index (κ3) is 15.3. The van der Waals surface area contributed by atoms with Crippen LogP contribution in [0.4, 0.5) is 0 Å². The van der Waals surface area contributed by atoms with Gasteiger partial charge in [-0.1, -0.05) is 109 Å². The summed E-state index contributed by atoms with van der Waals surface area (Å²) in [6.45, 7) is 3.46. The van der Waals surface area contributed by atoms with Crippen molar-refractivity contribution in [3.8, 4) is 5.75 Å². The Morgan fingerprint density at radius 2 is 1.40 bits per heavy atom. The molecule has 4 aromatic carbocycles. The first kappa shape index (κ1) is 49.5. The van der Waals surface area contributed by atoms with E-state index in [0.717, 1.165) is 16.7 Å². The molecule has 328 valence electrons. The van der Waals surface area contributed by atoms with Gasteiger partial charge in [0.2, 0.25) is 16.3 Å². The fourth-order valence-corrected chi connectivity index (χ4v) is 7.43. The van der Waals surface area contributed by atoms with Crippen LogP contribution in [0, 0.1) is 5.41 Å². The van der Waals surface area contributed by atoms with Gasteiger partial charge in [-0.25, -0.2) is 8.42 Å². The summed E-state index contributed by atoms with van der Waals surface area (Å²) in [5.74, 6) is 0.417. The molecular weight excluding hydrogens is 830 g/mol. The molecule has 0 spiro atoms. The zero-order valence-electron chi connectivity index (χ0n) is 35.2. The SMILES string of the molecule is C=CCCC(=O)N[C@H]1[C@@H](OCCc2ccccc2)O[C@H](COCC2(COS(=O)(=O)[O-])COC(c3ccc(OC)cc3)OC2)[C@@H](OCc2ccccc2)[C@@H]1OCc1ccccc1.[Na+]. The summed E-state index contributed by atoms with van der Waals surface area (Å²) in [6, 6.07) is 35.5. The number of amides is 1. The summed E-state index contributed by atoms with van der Waals surface area (Å²) in [6.07, 6.45) is -1.34. The predicted molar refractivity (Wildman–Crippen MR) is 223 cm³/mol. The molecule has 0 radical (unpaired) electrons. The first-order valence-corrected chi connectivity index (χ1v) is 21.5. The Bertz CT molecular complexity index is 2020. The van der Waals surface area contributed by atoms with Crippen LogP contribution in [-0.4, -0.2) is 96.3 Å². The largest absolute Gasteiger partial charge is 1.00 e. The van der Waals surface area contributed by atoms with Crippen molar-refractivity contribution in [1.82, 2.24) is 5.32 Å². The van der Waals surface area contributed by atoms with Crippen molar-refractivity contribution in [2.45, 2.75) is 69.4 Å². The molecule has 2 aliphatic rings. The van der Waals surface area contributed by atoms with E-state index in [9.17, 15) is 17.8 Å². The molecule has 5 atom stereocenters. The predicted octanol–water partition coefficient (Wildman–Crippen LogP) is 2.83. The van der Waals surface area contributed by atoms with Crippen molar-refractivity contribution >= 4 is 16.3 Å². The maximum absolute atomic E-state index is 13.5. The van der Waals surface area contributed by atoms with E-state index in [1.54, 1.807) is 37.5 Å². The number of ether oxygens (including phenoxy) is 8. The Labute approximate surface area is 386 Å². The second-order valence-electron chi connectivity index (χ2n) is 15.0. The summed E-state index contributed by atoms with van der Waals surface area (Å²) in [4.78, 5) is 13.5. The van der Waals surface area contributed by atoms with Gasteiger partial charge in [0.1, 0.15) is 30.1 Å². The van der Waals surface area contributed by atoms with Crippen molar-refractivity contribution in [3.05, 3.63) is 150 Å². The maximum atomic E-state index is 13.5. The van der Waals surface area contributed by atoms with E-state index in [1.165, 1.54) is 0 Å². The van der Waals surface area contributed by atoms with Crippen molar-refractivity contribution < 1.29 is 89.4 Å². The number of rotatable bonds is 23. The summed E-state index contributed by atoms with van der Waals surface area (Å²) in [5, 5.41) is 3.13. The summed E-state index contributed by atoms with van der Waals surface area (Å²) in [5.41, 5.74) is 2.38. The van der Waals surface area contributed by atoms with Crippen LogP contribution in [-0.2, 0) is 72.2 Å². The van der Waals surface area contributed by atoms with Gasteiger partial charge in [-0.3, -0.25) is 8.98 Å².